The van der Waals surface area contributed by atoms with Gasteiger partial charge in [-0.05, 0) is 30.2 Å². The number of aryl methyl sites for hydroxylation is 1. The van der Waals surface area contributed by atoms with E-state index in [2.05, 4.69) is 5.32 Å². The molecule has 2 aromatic rings. The number of carbonyl (C=O) groups is 2. The molecule has 0 aliphatic heterocycles. The van der Waals surface area contributed by atoms with E-state index < -0.39 is 5.97 Å². The molecule has 0 aromatic heterocycles. The van der Waals surface area contributed by atoms with Crippen LogP contribution in [-0.4, -0.2) is 40.3 Å². The Balaban J connectivity index is 1.95. The second kappa shape index (κ2) is 8.84. The van der Waals surface area contributed by atoms with Crippen LogP contribution in [0.1, 0.15) is 27.0 Å². The Morgan fingerprint density at radius 1 is 1.00 bits per heavy atom. The van der Waals surface area contributed by atoms with Crippen molar-refractivity contribution < 1.29 is 19.8 Å². The molecule has 0 atom stereocenters. The van der Waals surface area contributed by atoms with Gasteiger partial charge in [0.05, 0.1) is 12.2 Å². The highest BCUT2D eigenvalue weighted by atomic mass is 16.4. The number of carbonyl (C=O) groups excluding carboxylic acids is 1. The van der Waals surface area contributed by atoms with E-state index in [1.165, 1.54) is 17.0 Å². The molecule has 0 bridgehead atoms. The van der Waals surface area contributed by atoms with Crippen molar-refractivity contribution in [3.63, 3.8) is 0 Å². The molecule has 0 heterocycles. The van der Waals surface area contributed by atoms with E-state index in [9.17, 15) is 14.7 Å². The maximum Gasteiger partial charge on any atom is 0.335 e. The first-order chi connectivity index (χ1) is 12.0. The molecule has 0 fully saturated rings. The summed E-state index contributed by atoms with van der Waals surface area (Å²) in [5.74, 6) is -0.984. The molecular formula is C19H22N2O4. The van der Waals surface area contributed by atoms with Crippen LogP contribution < -0.4 is 5.32 Å². The molecule has 0 radical (unpaired) electrons. The van der Waals surface area contributed by atoms with Gasteiger partial charge in [-0.3, -0.25) is 0 Å². The zero-order valence-electron chi connectivity index (χ0n) is 14.1. The average molecular weight is 342 g/mol. The number of carboxylic acids is 1. The molecule has 2 amide bonds. The van der Waals surface area contributed by atoms with Crippen molar-refractivity contribution in [1.29, 1.82) is 0 Å². The second-order valence-electron chi connectivity index (χ2n) is 5.79. The lowest BCUT2D eigenvalue weighted by Crippen LogP contribution is -2.40. The van der Waals surface area contributed by atoms with Gasteiger partial charge in [0.2, 0.25) is 0 Å². The van der Waals surface area contributed by atoms with Gasteiger partial charge in [-0.1, -0.05) is 42.0 Å². The quantitative estimate of drug-likeness (QED) is 0.721. The Labute approximate surface area is 146 Å². The zero-order valence-corrected chi connectivity index (χ0v) is 14.1. The van der Waals surface area contributed by atoms with Crippen molar-refractivity contribution >= 4 is 12.0 Å². The molecule has 0 saturated heterocycles. The molecule has 0 aliphatic rings. The number of nitrogens with one attached hydrogen (secondary N) is 1. The maximum absolute atomic E-state index is 12.4. The lowest BCUT2D eigenvalue weighted by atomic mass is 10.1. The minimum Gasteiger partial charge on any atom is -0.478 e. The second-order valence-corrected chi connectivity index (χ2v) is 5.79. The minimum absolute atomic E-state index is 0.118. The Morgan fingerprint density at radius 2 is 1.60 bits per heavy atom. The SMILES string of the molecule is Cc1ccc(CN(CCO)C(=O)NCc2ccc(C(=O)O)cc2)cc1. The summed E-state index contributed by atoms with van der Waals surface area (Å²) >= 11 is 0. The molecule has 0 aliphatic carbocycles. The van der Waals surface area contributed by atoms with E-state index in [1.807, 2.05) is 31.2 Å². The van der Waals surface area contributed by atoms with Crippen LogP contribution in [0.15, 0.2) is 48.5 Å². The molecule has 2 aromatic carbocycles. The van der Waals surface area contributed by atoms with E-state index >= 15 is 0 Å². The number of amides is 2. The Morgan fingerprint density at radius 3 is 2.16 bits per heavy atom. The van der Waals surface area contributed by atoms with Crippen molar-refractivity contribution in [3.8, 4) is 0 Å². The van der Waals surface area contributed by atoms with E-state index in [0.717, 1.165) is 16.7 Å². The fourth-order valence-electron chi connectivity index (χ4n) is 2.34. The third-order valence-electron chi connectivity index (χ3n) is 3.80. The van der Waals surface area contributed by atoms with E-state index in [4.69, 9.17) is 5.11 Å². The molecule has 6 heteroatoms. The first-order valence-electron chi connectivity index (χ1n) is 8.01. The lowest BCUT2D eigenvalue weighted by molar-refractivity contribution is 0.0697. The van der Waals surface area contributed by atoms with Crippen LogP contribution in [0.4, 0.5) is 4.79 Å². The molecule has 25 heavy (non-hydrogen) atoms. The number of carboxylic acid groups (broad SMARTS) is 1. The van der Waals surface area contributed by atoms with Crippen LogP contribution in [0.2, 0.25) is 0 Å². The van der Waals surface area contributed by atoms with Crippen LogP contribution in [0.3, 0.4) is 0 Å². The number of aliphatic hydroxyl groups excluding tert-OH is 1. The van der Waals surface area contributed by atoms with Gasteiger partial charge in [-0.2, -0.15) is 0 Å². The summed E-state index contributed by atoms with van der Waals surface area (Å²) in [6.45, 7) is 2.81. The number of nitrogens with zero attached hydrogens (tertiary/aromatic N) is 1. The Kier molecular flexibility index (Phi) is 6.54. The van der Waals surface area contributed by atoms with Gasteiger partial charge in [0, 0.05) is 19.6 Å². The number of urea groups is 1. The van der Waals surface area contributed by atoms with Crippen LogP contribution in [0.5, 0.6) is 0 Å². The molecule has 0 unspecified atom stereocenters. The fourth-order valence-corrected chi connectivity index (χ4v) is 2.34. The van der Waals surface area contributed by atoms with Crippen LogP contribution in [0.25, 0.3) is 0 Å². The summed E-state index contributed by atoms with van der Waals surface area (Å²) in [5.41, 5.74) is 3.14. The van der Waals surface area contributed by atoms with Crippen LogP contribution >= 0.6 is 0 Å². The molecule has 2 rings (SSSR count). The summed E-state index contributed by atoms with van der Waals surface area (Å²) in [6, 6.07) is 13.9. The summed E-state index contributed by atoms with van der Waals surface area (Å²) < 4.78 is 0. The van der Waals surface area contributed by atoms with Gasteiger partial charge in [0.15, 0.2) is 0 Å². The highest BCUT2D eigenvalue weighted by Crippen LogP contribution is 2.08. The Hall–Kier alpha value is -2.86. The molecular weight excluding hydrogens is 320 g/mol. The average Bonchev–Trinajstić information content (AvgIpc) is 2.61. The first-order valence-corrected chi connectivity index (χ1v) is 8.01. The minimum atomic E-state index is -0.984. The van der Waals surface area contributed by atoms with Crippen molar-refractivity contribution in [1.82, 2.24) is 10.2 Å². The van der Waals surface area contributed by atoms with Crippen LogP contribution in [0, 0.1) is 6.92 Å². The highest BCUT2D eigenvalue weighted by molar-refractivity contribution is 5.87. The van der Waals surface area contributed by atoms with Crippen molar-refractivity contribution in [2.24, 2.45) is 0 Å². The predicted octanol–water partition coefficient (Wildman–Crippen LogP) is 2.40. The van der Waals surface area contributed by atoms with E-state index in [1.54, 1.807) is 12.1 Å². The first kappa shape index (κ1) is 18.5. The number of aromatic carboxylic acids is 1. The lowest BCUT2D eigenvalue weighted by Gasteiger charge is -2.22. The summed E-state index contributed by atoms with van der Waals surface area (Å²) in [4.78, 5) is 24.7. The molecule has 132 valence electrons. The van der Waals surface area contributed by atoms with Crippen LogP contribution in [-0.2, 0) is 13.1 Å². The van der Waals surface area contributed by atoms with E-state index in [-0.39, 0.29) is 31.3 Å². The predicted molar refractivity (Wildman–Crippen MR) is 94.3 cm³/mol. The third-order valence-corrected chi connectivity index (χ3v) is 3.80. The smallest absolute Gasteiger partial charge is 0.335 e. The van der Waals surface area contributed by atoms with E-state index in [0.29, 0.717) is 6.54 Å². The maximum atomic E-state index is 12.4. The molecule has 0 saturated carbocycles. The summed E-state index contributed by atoms with van der Waals surface area (Å²) in [7, 11) is 0. The number of aliphatic hydroxyl groups is 1. The molecule has 6 nitrogen and oxygen atoms in total. The number of rotatable bonds is 7. The largest absolute Gasteiger partial charge is 0.478 e. The fraction of sp³-hybridized carbons (Fsp3) is 0.263. The van der Waals surface area contributed by atoms with Gasteiger partial charge >= 0.3 is 12.0 Å². The normalized spacial score (nSPS) is 10.3. The van der Waals surface area contributed by atoms with Crippen molar-refractivity contribution in [3.05, 3.63) is 70.8 Å². The third kappa shape index (κ3) is 5.61. The van der Waals surface area contributed by atoms with Gasteiger partial charge in [0.25, 0.3) is 0 Å². The molecule has 0 spiro atoms. The Bertz CT molecular complexity index is 711. The monoisotopic (exact) mass is 342 g/mol. The van der Waals surface area contributed by atoms with Gasteiger partial charge in [-0.15, -0.1) is 0 Å². The van der Waals surface area contributed by atoms with Crippen molar-refractivity contribution in [2.45, 2.75) is 20.0 Å². The number of benzene rings is 2. The van der Waals surface area contributed by atoms with Gasteiger partial charge in [0.1, 0.15) is 0 Å². The summed E-state index contributed by atoms with van der Waals surface area (Å²) in [5, 5.41) is 20.9. The zero-order chi connectivity index (χ0) is 18.2. The van der Waals surface area contributed by atoms with Crippen molar-refractivity contribution in [2.75, 3.05) is 13.2 Å². The highest BCUT2D eigenvalue weighted by Gasteiger charge is 2.13. The summed E-state index contributed by atoms with van der Waals surface area (Å²) in [6.07, 6.45) is 0. The van der Waals surface area contributed by atoms with Gasteiger partial charge in [-0.25, -0.2) is 9.59 Å². The molecule has 3 N–H and O–H groups in total. The topological polar surface area (TPSA) is 89.9 Å². The standard InChI is InChI=1S/C19H22N2O4/c1-14-2-4-16(5-3-14)13-21(10-11-22)19(25)20-12-15-6-8-17(9-7-15)18(23)24/h2-9,22H,10-13H2,1H3,(H,20,25)(H,23,24). The van der Waals surface area contributed by atoms with Gasteiger partial charge < -0.3 is 20.4 Å². The number of hydrogen-bond acceptors (Lipinski definition) is 3. The number of hydrogen-bond donors (Lipinski definition) is 3.